The molecule has 0 bridgehead atoms. The smallest absolute Gasteiger partial charge is 0.272 e. The van der Waals surface area contributed by atoms with Crippen molar-refractivity contribution >= 4 is 29.1 Å². The molecule has 1 aliphatic carbocycles. The number of carbonyl (C=O) groups excluding carboxylic acids is 1. The molecule has 1 amide bonds. The number of nitrogens with one attached hydrogen (secondary N) is 2. The van der Waals surface area contributed by atoms with Crippen molar-refractivity contribution in [2.24, 2.45) is 0 Å². The third-order valence-electron chi connectivity index (χ3n) is 3.85. The van der Waals surface area contributed by atoms with E-state index in [0.717, 1.165) is 12.8 Å². The number of nitrogens with zero attached hydrogens (tertiary/aromatic N) is 5. The fourth-order valence-electron chi connectivity index (χ4n) is 2.42. The summed E-state index contributed by atoms with van der Waals surface area (Å²) < 4.78 is 1.53. The molecule has 122 valence electrons. The fourth-order valence-corrected chi connectivity index (χ4v) is 2.92. The first-order valence-corrected chi connectivity index (χ1v) is 7.91. The summed E-state index contributed by atoms with van der Waals surface area (Å²) in [6, 6.07) is 6.68. The zero-order valence-electron chi connectivity index (χ0n) is 12.2. The number of H-pyrrole nitrogens is 1. The minimum atomic E-state index is -0.550. The Morgan fingerprint density at radius 1 is 1.29 bits per heavy atom. The van der Waals surface area contributed by atoms with E-state index in [1.165, 1.54) is 4.68 Å². The molecule has 8 nitrogen and oxygen atoms in total. The van der Waals surface area contributed by atoms with Gasteiger partial charge in [-0.2, -0.15) is 10.3 Å². The van der Waals surface area contributed by atoms with Crippen LogP contribution in [0.15, 0.2) is 30.5 Å². The van der Waals surface area contributed by atoms with Crippen LogP contribution >= 0.6 is 23.2 Å². The van der Waals surface area contributed by atoms with Gasteiger partial charge in [0.05, 0.1) is 10.7 Å². The van der Waals surface area contributed by atoms with Crippen molar-refractivity contribution in [2.45, 2.75) is 18.4 Å². The number of halogens is 2. The van der Waals surface area contributed by atoms with Gasteiger partial charge in [-0.25, -0.2) is 4.68 Å². The Hall–Kier alpha value is -2.45. The topological polar surface area (TPSA) is 101 Å². The minimum Gasteiger partial charge on any atom is -0.338 e. The van der Waals surface area contributed by atoms with Crippen LogP contribution in [0.1, 0.15) is 29.2 Å². The molecule has 0 atom stereocenters. The van der Waals surface area contributed by atoms with Gasteiger partial charge in [0.2, 0.25) is 0 Å². The zero-order valence-corrected chi connectivity index (χ0v) is 13.7. The summed E-state index contributed by atoms with van der Waals surface area (Å²) in [5.41, 5.74) is 0.362. The van der Waals surface area contributed by atoms with Crippen LogP contribution in [-0.2, 0) is 5.54 Å². The molecule has 0 radical (unpaired) electrons. The normalized spacial score (nSPS) is 15.2. The fraction of sp³-hybridized carbons (Fsp3) is 0.214. The van der Waals surface area contributed by atoms with Gasteiger partial charge in [0.1, 0.15) is 5.54 Å². The van der Waals surface area contributed by atoms with Crippen LogP contribution in [0.5, 0.6) is 0 Å². The van der Waals surface area contributed by atoms with Crippen molar-refractivity contribution in [3.63, 3.8) is 0 Å². The highest BCUT2D eigenvalue weighted by atomic mass is 35.5. The predicted molar refractivity (Wildman–Crippen MR) is 86.1 cm³/mol. The summed E-state index contributed by atoms with van der Waals surface area (Å²) in [6.45, 7) is 0. The molecule has 3 aromatic rings. The Labute approximate surface area is 146 Å². The molecule has 1 aliphatic rings. The van der Waals surface area contributed by atoms with Gasteiger partial charge in [0.25, 0.3) is 5.91 Å². The van der Waals surface area contributed by atoms with E-state index in [-0.39, 0.29) is 11.6 Å². The second-order valence-electron chi connectivity index (χ2n) is 5.51. The van der Waals surface area contributed by atoms with Gasteiger partial charge in [-0.15, -0.1) is 10.2 Å². The lowest BCUT2D eigenvalue weighted by molar-refractivity contribution is 0.0923. The zero-order chi connectivity index (χ0) is 16.7. The highest BCUT2D eigenvalue weighted by molar-refractivity contribution is 6.35. The van der Waals surface area contributed by atoms with E-state index >= 15 is 0 Å². The van der Waals surface area contributed by atoms with Crippen LogP contribution < -0.4 is 5.32 Å². The maximum Gasteiger partial charge on any atom is 0.272 e. The highest BCUT2D eigenvalue weighted by Crippen LogP contribution is 2.43. The van der Waals surface area contributed by atoms with E-state index in [4.69, 9.17) is 23.2 Å². The standard InChI is InChI=1S/C14H11Cl2N7O/c15-8-1-2-11(9(16)7-8)23-6-3-10(20-23)12(24)17-14(4-5-14)13-18-21-22-19-13/h1-3,6-7H,4-5H2,(H,17,24)(H,18,19,21,22). The van der Waals surface area contributed by atoms with Crippen LogP contribution in [0.3, 0.4) is 0 Å². The van der Waals surface area contributed by atoms with Crippen LogP contribution in [0.4, 0.5) is 0 Å². The van der Waals surface area contributed by atoms with E-state index in [1.54, 1.807) is 30.5 Å². The molecule has 2 heterocycles. The number of hydrogen-bond donors (Lipinski definition) is 2. The largest absolute Gasteiger partial charge is 0.338 e. The molecule has 2 aromatic heterocycles. The Kier molecular flexibility index (Phi) is 3.50. The van der Waals surface area contributed by atoms with Crippen molar-refractivity contribution in [1.29, 1.82) is 0 Å². The van der Waals surface area contributed by atoms with Gasteiger partial charge >= 0.3 is 0 Å². The lowest BCUT2D eigenvalue weighted by Crippen LogP contribution is -2.36. The van der Waals surface area contributed by atoms with Crippen LogP contribution in [0.2, 0.25) is 10.0 Å². The van der Waals surface area contributed by atoms with E-state index in [9.17, 15) is 4.79 Å². The first-order chi connectivity index (χ1) is 11.6. The average molecular weight is 364 g/mol. The molecule has 4 rings (SSSR count). The van der Waals surface area contributed by atoms with E-state index in [0.29, 0.717) is 21.6 Å². The molecule has 24 heavy (non-hydrogen) atoms. The molecule has 0 saturated heterocycles. The van der Waals surface area contributed by atoms with Gasteiger partial charge < -0.3 is 5.32 Å². The molecule has 0 aliphatic heterocycles. The Balaban J connectivity index is 1.56. The van der Waals surface area contributed by atoms with Gasteiger partial charge in [-0.05, 0) is 37.1 Å². The summed E-state index contributed by atoms with van der Waals surface area (Å²) in [6.07, 6.45) is 3.20. The number of aromatic amines is 1. The summed E-state index contributed by atoms with van der Waals surface area (Å²) >= 11 is 12.1. The van der Waals surface area contributed by atoms with E-state index in [2.05, 4.69) is 31.0 Å². The minimum absolute atomic E-state index is 0.274. The van der Waals surface area contributed by atoms with Gasteiger partial charge in [-0.1, -0.05) is 28.4 Å². The summed E-state index contributed by atoms with van der Waals surface area (Å²) in [4.78, 5) is 12.5. The number of rotatable bonds is 4. The van der Waals surface area contributed by atoms with Crippen LogP contribution in [0.25, 0.3) is 5.69 Å². The molecule has 2 N–H and O–H groups in total. The first-order valence-electron chi connectivity index (χ1n) is 7.15. The van der Waals surface area contributed by atoms with Crippen molar-refractivity contribution in [3.05, 3.63) is 52.0 Å². The maximum absolute atomic E-state index is 12.5. The molecular formula is C14H11Cl2N7O. The average Bonchev–Trinajstić information content (AvgIpc) is 2.99. The Bertz CT molecular complexity index is 902. The van der Waals surface area contributed by atoms with E-state index in [1.807, 2.05) is 0 Å². The monoisotopic (exact) mass is 363 g/mol. The molecule has 1 aromatic carbocycles. The highest BCUT2D eigenvalue weighted by Gasteiger charge is 2.49. The van der Waals surface area contributed by atoms with Crippen LogP contribution in [-0.4, -0.2) is 36.3 Å². The van der Waals surface area contributed by atoms with Crippen molar-refractivity contribution < 1.29 is 4.79 Å². The van der Waals surface area contributed by atoms with Crippen molar-refractivity contribution in [2.75, 3.05) is 0 Å². The van der Waals surface area contributed by atoms with Gasteiger partial charge in [-0.3, -0.25) is 4.79 Å². The van der Waals surface area contributed by atoms with Crippen molar-refractivity contribution in [1.82, 2.24) is 35.7 Å². The third kappa shape index (κ3) is 2.63. The number of carbonyl (C=O) groups is 1. The maximum atomic E-state index is 12.5. The number of amides is 1. The summed E-state index contributed by atoms with van der Waals surface area (Å²) in [5.74, 6) is 0.178. The van der Waals surface area contributed by atoms with Crippen LogP contribution in [0, 0.1) is 0 Å². The first kappa shape index (κ1) is 15.1. The molecule has 0 spiro atoms. The SMILES string of the molecule is O=C(NC1(c2nn[nH]n2)CC1)c1ccn(-c2ccc(Cl)cc2Cl)n1. The second-order valence-corrected chi connectivity index (χ2v) is 6.36. The summed E-state index contributed by atoms with van der Waals surface area (Å²) in [7, 11) is 0. The lowest BCUT2D eigenvalue weighted by Gasteiger charge is -2.11. The van der Waals surface area contributed by atoms with Gasteiger partial charge in [0.15, 0.2) is 11.5 Å². The molecule has 1 saturated carbocycles. The number of tetrazole rings is 1. The van der Waals surface area contributed by atoms with Crippen molar-refractivity contribution in [3.8, 4) is 5.69 Å². The third-order valence-corrected chi connectivity index (χ3v) is 4.39. The predicted octanol–water partition coefficient (Wildman–Crippen LogP) is 2.11. The van der Waals surface area contributed by atoms with E-state index < -0.39 is 5.54 Å². The summed E-state index contributed by atoms with van der Waals surface area (Å²) in [5, 5.41) is 22.0. The second kappa shape index (κ2) is 5.57. The lowest BCUT2D eigenvalue weighted by atomic mass is 10.2. The number of benzene rings is 1. The van der Waals surface area contributed by atoms with Gasteiger partial charge in [0, 0.05) is 11.2 Å². The molecular weight excluding hydrogens is 353 g/mol. The molecule has 1 fully saturated rings. The Morgan fingerprint density at radius 3 is 2.79 bits per heavy atom. The number of aromatic nitrogens is 6. The Morgan fingerprint density at radius 2 is 2.12 bits per heavy atom. The molecule has 0 unspecified atom stereocenters. The number of hydrogen-bond acceptors (Lipinski definition) is 5. The molecule has 10 heteroatoms. The quantitative estimate of drug-likeness (QED) is 0.738.